The van der Waals surface area contributed by atoms with Crippen LogP contribution in [0, 0.1) is 0 Å². The van der Waals surface area contributed by atoms with Gasteiger partial charge in [-0.05, 0) is 13.8 Å². The van der Waals surface area contributed by atoms with Crippen LogP contribution in [0.3, 0.4) is 0 Å². The molecule has 0 aromatic heterocycles. The van der Waals surface area contributed by atoms with Crippen molar-refractivity contribution in [1.29, 1.82) is 0 Å². The van der Waals surface area contributed by atoms with E-state index < -0.39 is 62.8 Å². The smallest absolute Gasteiger partial charge is 0.469 e. The molecule has 0 saturated heterocycles. The third-order valence-corrected chi connectivity index (χ3v) is 3.02. The topological polar surface area (TPSA) is 219 Å². The third kappa shape index (κ3) is 20.4. The second-order valence-corrected chi connectivity index (χ2v) is 7.02. The van der Waals surface area contributed by atoms with Gasteiger partial charge in [0.25, 0.3) is 0 Å². The first-order valence-corrected chi connectivity index (χ1v) is 8.29. The number of carboxylic acids is 3. The van der Waals surface area contributed by atoms with Gasteiger partial charge in [-0.1, -0.05) is 0 Å². The average Bonchev–Trinajstić information content (AvgIpc) is 2.20. The number of carbonyl (C=O) groups is 3. The molecule has 7 N–H and O–H groups in total. The summed E-state index contributed by atoms with van der Waals surface area (Å²) < 4.78 is 14.3. The number of rotatable bonds is 10. The number of phosphoric ester groups is 1. The van der Waals surface area contributed by atoms with E-state index in [1.165, 1.54) is 13.8 Å². The van der Waals surface area contributed by atoms with E-state index >= 15 is 0 Å². The van der Waals surface area contributed by atoms with Crippen molar-refractivity contribution in [1.82, 2.24) is 0 Å². The van der Waals surface area contributed by atoms with Crippen LogP contribution in [0.25, 0.3) is 0 Å². The molecule has 0 radical (unpaired) electrons. The number of hydrogen-bond donors (Lipinski definition) is 7. The monoisotopic (exact) mass is 390 g/mol. The van der Waals surface area contributed by atoms with Crippen LogP contribution in [0.4, 0.5) is 0 Å². The summed E-state index contributed by atoms with van der Waals surface area (Å²) in [6.45, 7) is 2.03. The minimum Gasteiger partial charge on any atom is -0.481 e. The van der Waals surface area contributed by atoms with E-state index in [-0.39, 0.29) is 6.42 Å². The van der Waals surface area contributed by atoms with Gasteiger partial charge in [0.05, 0.1) is 37.1 Å². The Hall–Kier alpha value is -1.56. The van der Waals surface area contributed by atoms with Gasteiger partial charge in [0, 0.05) is 6.42 Å². The molecule has 0 aliphatic rings. The molecule has 0 saturated carbocycles. The largest absolute Gasteiger partial charge is 0.481 e. The molecule has 0 aliphatic carbocycles. The third-order valence-electron chi connectivity index (χ3n) is 2.50. The molecule has 0 heterocycles. The highest BCUT2D eigenvalue weighted by atomic mass is 31.2. The molecular weight excluding hydrogens is 367 g/mol. The predicted octanol–water partition coefficient (Wildman–Crippen LogP) is -0.602. The number of hydrogen-bond acceptors (Lipinski definition) is 7. The highest BCUT2D eigenvalue weighted by Gasteiger charge is 2.27. The van der Waals surface area contributed by atoms with E-state index in [4.69, 9.17) is 30.2 Å². The lowest BCUT2D eigenvalue weighted by Crippen LogP contribution is -2.30. The fraction of sp³-hybridized carbons (Fsp3) is 0.750. The SMILES string of the molecule is CC(O)(CC(=O)O)CC(=O)O.C[C@@](O)(CCOP(=O)(O)O)CC(=O)O. The highest BCUT2D eigenvalue weighted by Crippen LogP contribution is 2.36. The normalized spacial score (nSPS) is 14.0. The van der Waals surface area contributed by atoms with Gasteiger partial charge in [0.1, 0.15) is 0 Å². The lowest BCUT2D eigenvalue weighted by molar-refractivity contribution is -0.147. The van der Waals surface area contributed by atoms with Crippen molar-refractivity contribution < 1.29 is 58.8 Å². The Balaban J connectivity index is 0. The van der Waals surface area contributed by atoms with Gasteiger partial charge in [-0.3, -0.25) is 18.9 Å². The summed E-state index contributed by atoms with van der Waals surface area (Å²) in [5.74, 6) is -3.61. The number of aliphatic carboxylic acids is 3. The van der Waals surface area contributed by atoms with Crippen LogP contribution in [0.15, 0.2) is 0 Å². The first-order valence-electron chi connectivity index (χ1n) is 6.76. The molecule has 148 valence electrons. The molecule has 0 spiro atoms. The van der Waals surface area contributed by atoms with E-state index in [1.807, 2.05) is 0 Å². The Kier molecular flexibility index (Phi) is 10.7. The van der Waals surface area contributed by atoms with Gasteiger partial charge in [0.2, 0.25) is 0 Å². The minimum absolute atomic E-state index is 0.162. The zero-order valence-corrected chi connectivity index (χ0v) is 14.5. The summed E-state index contributed by atoms with van der Waals surface area (Å²) in [5.41, 5.74) is -3.18. The zero-order valence-electron chi connectivity index (χ0n) is 13.7. The molecule has 0 unspecified atom stereocenters. The number of carboxylic acid groups (broad SMARTS) is 3. The Morgan fingerprint density at radius 2 is 1.16 bits per heavy atom. The van der Waals surface area contributed by atoms with Crippen molar-refractivity contribution in [3.63, 3.8) is 0 Å². The van der Waals surface area contributed by atoms with Gasteiger partial charge >= 0.3 is 25.7 Å². The fourth-order valence-electron chi connectivity index (χ4n) is 1.51. The molecule has 0 fully saturated rings. The Bertz CT molecular complexity index is 488. The molecule has 1 atom stereocenters. The fourth-order valence-corrected chi connectivity index (χ4v) is 1.84. The van der Waals surface area contributed by atoms with Crippen LogP contribution in [0.1, 0.15) is 39.5 Å². The molecule has 25 heavy (non-hydrogen) atoms. The molecule has 0 bridgehead atoms. The van der Waals surface area contributed by atoms with Crippen molar-refractivity contribution in [2.45, 2.75) is 50.7 Å². The van der Waals surface area contributed by atoms with Crippen LogP contribution < -0.4 is 0 Å². The van der Waals surface area contributed by atoms with E-state index in [1.54, 1.807) is 0 Å². The average molecular weight is 390 g/mol. The van der Waals surface area contributed by atoms with Crippen molar-refractivity contribution in [3.8, 4) is 0 Å². The minimum atomic E-state index is -4.54. The summed E-state index contributed by atoms with van der Waals surface area (Å²) in [7, 11) is -4.54. The molecule has 12 nitrogen and oxygen atoms in total. The van der Waals surface area contributed by atoms with Crippen molar-refractivity contribution in [2.75, 3.05) is 6.61 Å². The molecule has 13 heteroatoms. The maximum Gasteiger partial charge on any atom is 0.469 e. The van der Waals surface area contributed by atoms with Crippen LogP contribution in [-0.2, 0) is 23.5 Å². The second kappa shape index (κ2) is 10.4. The maximum absolute atomic E-state index is 10.2. The van der Waals surface area contributed by atoms with Crippen LogP contribution >= 0.6 is 7.82 Å². The van der Waals surface area contributed by atoms with Gasteiger partial charge in [0.15, 0.2) is 0 Å². The van der Waals surface area contributed by atoms with E-state index in [9.17, 15) is 24.1 Å². The number of aliphatic hydroxyl groups is 2. The van der Waals surface area contributed by atoms with Crippen molar-refractivity contribution in [3.05, 3.63) is 0 Å². The van der Waals surface area contributed by atoms with Gasteiger partial charge in [-0.2, -0.15) is 0 Å². The molecular formula is C12H23O12P. The molecule has 0 aromatic carbocycles. The molecule has 0 amide bonds. The Morgan fingerprint density at radius 3 is 1.44 bits per heavy atom. The van der Waals surface area contributed by atoms with Crippen molar-refractivity contribution in [2.24, 2.45) is 0 Å². The van der Waals surface area contributed by atoms with Crippen LogP contribution in [0.2, 0.25) is 0 Å². The van der Waals surface area contributed by atoms with Crippen LogP contribution in [0.5, 0.6) is 0 Å². The number of phosphoric acid groups is 1. The summed E-state index contributed by atoms with van der Waals surface area (Å²) in [4.78, 5) is 46.9. The van der Waals surface area contributed by atoms with E-state index in [2.05, 4.69) is 4.52 Å². The lowest BCUT2D eigenvalue weighted by Gasteiger charge is -2.20. The summed E-state index contributed by atoms with van der Waals surface area (Å²) in [5, 5.41) is 43.2. The maximum atomic E-state index is 10.2. The van der Waals surface area contributed by atoms with E-state index in [0.29, 0.717) is 0 Å². The Labute approximate surface area is 142 Å². The van der Waals surface area contributed by atoms with Gasteiger partial charge < -0.3 is 35.3 Å². The summed E-state index contributed by atoms with van der Waals surface area (Å²) in [6.07, 6.45) is -1.78. The summed E-state index contributed by atoms with van der Waals surface area (Å²) >= 11 is 0. The Morgan fingerprint density at radius 1 is 0.840 bits per heavy atom. The first-order chi connectivity index (χ1) is 11.0. The molecule has 0 aliphatic heterocycles. The van der Waals surface area contributed by atoms with Crippen molar-refractivity contribution >= 4 is 25.7 Å². The molecule has 0 aromatic rings. The second-order valence-electron chi connectivity index (χ2n) is 5.78. The first kappa shape index (κ1) is 25.7. The highest BCUT2D eigenvalue weighted by molar-refractivity contribution is 7.46. The predicted molar refractivity (Wildman–Crippen MR) is 80.6 cm³/mol. The van der Waals surface area contributed by atoms with Crippen LogP contribution in [-0.4, -0.2) is 71.0 Å². The quantitative estimate of drug-likeness (QED) is 0.232. The van der Waals surface area contributed by atoms with Gasteiger partial charge in [-0.15, -0.1) is 0 Å². The standard InChI is InChI=1S/C6H13O7P.C6H10O5/c1-6(9,4-5(7)8)2-3-13-14(10,11)12;1-6(11,2-4(7)8)3-5(9)10/h9H,2-4H2,1H3,(H,7,8)(H2,10,11,12);11H,2-3H2,1H3,(H,7,8)(H,9,10)/t6-;/m1./s1. The van der Waals surface area contributed by atoms with Gasteiger partial charge in [-0.25, -0.2) is 4.57 Å². The molecule has 0 rings (SSSR count). The summed E-state index contributed by atoms with van der Waals surface area (Å²) in [6, 6.07) is 0. The van der Waals surface area contributed by atoms with E-state index in [0.717, 1.165) is 0 Å². The zero-order chi connectivity index (χ0) is 20.5. The lowest BCUT2D eigenvalue weighted by atomic mass is 9.99.